The van der Waals surface area contributed by atoms with Crippen molar-refractivity contribution in [3.8, 4) is 5.75 Å². The Morgan fingerprint density at radius 3 is 2.92 bits per heavy atom. The van der Waals surface area contributed by atoms with Crippen LogP contribution in [0.25, 0.3) is 0 Å². The second-order valence-electron chi connectivity index (χ2n) is 2.79. The molecule has 3 heteroatoms. The van der Waals surface area contributed by atoms with E-state index in [-0.39, 0.29) is 11.9 Å². The van der Waals surface area contributed by atoms with Crippen molar-refractivity contribution in [2.45, 2.75) is 17.1 Å². The van der Waals surface area contributed by atoms with Crippen LogP contribution in [0, 0.1) is 0 Å². The summed E-state index contributed by atoms with van der Waals surface area (Å²) >= 11 is 1.64. The third-order valence-corrected chi connectivity index (χ3v) is 2.71. The molecule has 0 bridgehead atoms. The number of rotatable bonds is 4. The van der Waals surface area contributed by atoms with E-state index in [1.54, 1.807) is 18.9 Å². The predicted octanol–water partition coefficient (Wildman–Crippen LogP) is 2.17. The van der Waals surface area contributed by atoms with Crippen LogP contribution in [0.5, 0.6) is 5.75 Å². The minimum Gasteiger partial charge on any atom is -0.497 e. The largest absolute Gasteiger partial charge is 0.497 e. The minimum atomic E-state index is 0.196. The van der Waals surface area contributed by atoms with E-state index < -0.39 is 0 Å². The van der Waals surface area contributed by atoms with Crippen molar-refractivity contribution >= 4 is 11.8 Å². The molecule has 0 aliphatic rings. The number of thioether (sulfide) groups is 1. The monoisotopic (exact) mass is 198 g/mol. The lowest BCUT2D eigenvalue weighted by Gasteiger charge is -2.08. The topological polar surface area (TPSA) is 29.5 Å². The highest BCUT2D eigenvalue weighted by Gasteiger charge is 2.02. The molecule has 1 N–H and O–H groups in total. The van der Waals surface area contributed by atoms with E-state index in [2.05, 4.69) is 0 Å². The molecule has 13 heavy (non-hydrogen) atoms. The Kier molecular flexibility index (Phi) is 4.12. The molecule has 0 saturated heterocycles. The lowest BCUT2D eigenvalue weighted by Crippen LogP contribution is -2.01. The van der Waals surface area contributed by atoms with Crippen molar-refractivity contribution in [1.29, 1.82) is 0 Å². The first-order valence-corrected chi connectivity index (χ1v) is 5.06. The van der Waals surface area contributed by atoms with Gasteiger partial charge in [0, 0.05) is 10.1 Å². The summed E-state index contributed by atoms with van der Waals surface area (Å²) in [4.78, 5) is 1.13. The number of aliphatic hydroxyl groups excluding tert-OH is 1. The molecule has 0 amide bonds. The first kappa shape index (κ1) is 10.4. The number of hydrogen-bond acceptors (Lipinski definition) is 3. The lowest BCUT2D eigenvalue weighted by atomic mass is 10.3. The van der Waals surface area contributed by atoms with Gasteiger partial charge < -0.3 is 9.84 Å². The molecule has 1 unspecified atom stereocenters. The van der Waals surface area contributed by atoms with Crippen molar-refractivity contribution in [1.82, 2.24) is 0 Å². The van der Waals surface area contributed by atoms with Crippen LogP contribution in [0.15, 0.2) is 29.2 Å². The van der Waals surface area contributed by atoms with Crippen molar-refractivity contribution < 1.29 is 9.84 Å². The molecule has 1 aromatic rings. The molecule has 0 aromatic heterocycles. The highest BCUT2D eigenvalue weighted by atomic mass is 32.2. The van der Waals surface area contributed by atoms with E-state index >= 15 is 0 Å². The fraction of sp³-hybridized carbons (Fsp3) is 0.400. The first-order chi connectivity index (χ1) is 6.26. The average molecular weight is 198 g/mol. The summed E-state index contributed by atoms with van der Waals surface area (Å²) in [6, 6.07) is 7.84. The summed E-state index contributed by atoms with van der Waals surface area (Å²) in [6.45, 7) is 2.19. The zero-order valence-corrected chi connectivity index (χ0v) is 8.67. The summed E-state index contributed by atoms with van der Waals surface area (Å²) in [6.07, 6.45) is 0. The predicted molar refractivity (Wildman–Crippen MR) is 55.4 cm³/mol. The van der Waals surface area contributed by atoms with Crippen LogP contribution in [0.2, 0.25) is 0 Å². The van der Waals surface area contributed by atoms with E-state index in [1.165, 1.54) is 0 Å². The Morgan fingerprint density at radius 1 is 1.54 bits per heavy atom. The molecular formula is C10H14O2S. The Labute approximate surface area is 82.9 Å². The van der Waals surface area contributed by atoms with E-state index in [4.69, 9.17) is 9.84 Å². The molecule has 0 spiro atoms. The van der Waals surface area contributed by atoms with Gasteiger partial charge >= 0.3 is 0 Å². The third-order valence-electron chi connectivity index (χ3n) is 1.64. The van der Waals surface area contributed by atoms with Gasteiger partial charge in [-0.15, -0.1) is 11.8 Å². The van der Waals surface area contributed by atoms with Crippen molar-refractivity contribution in [2.24, 2.45) is 0 Å². The molecule has 2 nitrogen and oxygen atoms in total. The van der Waals surface area contributed by atoms with Gasteiger partial charge in [-0.3, -0.25) is 0 Å². The fourth-order valence-electron chi connectivity index (χ4n) is 0.944. The van der Waals surface area contributed by atoms with Crippen LogP contribution < -0.4 is 4.74 Å². The number of hydrogen-bond donors (Lipinski definition) is 1. The van der Waals surface area contributed by atoms with Crippen LogP contribution in [0.3, 0.4) is 0 Å². The molecule has 1 atom stereocenters. The van der Waals surface area contributed by atoms with Gasteiger partial charge in [0.05, 0.1) is 13.7 Å². The normalized spacial score (nSPS) is 12.5. The molecule has 0 aliphatic heterocycles. The molecule has 0 aliphatic carbocycles. The maximum atomic E-state index is 8.87. The fourth-order valence-corrected chi connectivity index (χ4v) is 1.82. The van der Waals surface area contributed by atoms with Gasteiger partial charge in [-0.1, -0.05) is 13.0 Å². The van der Waals surface area contributed by atoms with Crippen LogP contribution >= 0.6 is 11.8 Å². The van der Waals surface area contributed by atoms with Gasteiger partial charge in [0.2, 0.25) is 0 Å². The van der Waals surface area contributed by atoms with Crippen LogP contribution in [0.4, 0.5) is 0 Å². The summed E-state index contributed by atoms with van der Waals surface area (Å²) in [5, 5.41) is 9.10. The quantitative estimate of drug-likeness (QED) is 0.752. The van der Waals surface area contributed by atoms with Gasteiger partial charge in [0.15, 0.2) is 0 Å². The smallest absolute Gasteiger partial charge is 0.119 e. The highest BCUT2D eigenvalue weighted by molar-refractivity contribution is 8.00. The van der Waals surface area contributed by atoms with Gasteiger partial charge in [-0.05, 0) is 18.2 Å². The molecule has 0 fully saturated rings. The number of methoxy groups -OCH3 is 1. The second kappa shape index (κ2) is 5.14. The summed E-state index contributed by atoms with van der Waals surface area (Å²) < 4.78 is 5.09. The maximum Gasteiger partial charge on any atom is 0.119 e. The lowest BCUT2D eigenvalue weighted by molar-refractivity contribution is 0.300. The zero-order valence-electron chi connectivity index (χ0n) is 7.86. The standard InChI is InChI=1S/C10H14O2S/c1-8(7-11)13-10-5-3-4-9(6-10)12-2/h3-6,8,11H,7H2,1-2H3. The van der Waals surface area contributed by atoms with Crippen molar-refractivity contribution in [2.75, 3.05) is 13.7 Å². The maximum absolute atomic E-state index is 8.87. The Morgan fingerprint density at radius 2 is 2.31 bits per heavy atom. The highest BCUT2D eigenvalue weighted by Crippen LogP contribution is 2.25. The SMILES string of the molecule is COc1cccc(SC(C)CO)c1. The van der Waals surface area contributed by atoms with Crippen molar-refractivity contribution in [3.63, 3.8) is 0 Å². The molecule has 72 valence electrons. The summed E-state index contributed by atoms with van der Waals surface area (Å²) in [5.41, 5.74) is 0. The molecule has 0 radical (unpaired) electrons. The van der Waals surface area contributed by atoms with Crippen LogP contribution in [-0.4, -0.2) is 24.1 Å². The summed E-state index contributed by atoms with van der Waals surface area (Å²) in [5.74, 6) is 0.857. The van der Waals surface area contributed by atoms with Crippen molar-refractivity contribution in [3.05, 3.63) is 24.3 Å². The van der Waals surface area contributed by atoms with E-state index in [9.17, 15) is 0 Å². The Bertz CT molecular complexity index is 263. The molecule has 0 saturated carbocycles. The van der Waals surface area contributed by atoms with E-state index in [0.29, 0.717) is 0 Å². The van der Waals surface area contributed by atoms with E-state index in [1.807, 2.05) is 31.2 Å². The minimum absolute atomic E-state index is 0.196. The van der Waals surface area contributed by atoms with Crippen LogP contribution in [-0.2, 0) is 0 Å². The zero-order chi connectivity index (χ0) is 9.68. The third kappa shape index (κ3) is 3.28. The Balaban J connectivity index is 2.66. The molecule has 1 aromatic carbocycles. The van der Waals surface area contributed by atoms with Gasteiger partial charge in [-0.25, -0.2) is 0 Å². The first-order valence-electron chi connectivity index (χ1n) is 4.18. The molecular weight excluding hydrogens is 184 g/mol. The van der Waals surface area contributed by atoms with Gasteiger partial charge in [-0.2, -0.15) is 0 Å². The number of benzene rings is 1. The molecule has 1 rings (SSSR count). The van der Waals surface area contributed by atoms with Gasteiger partial charge in [0.25, 0.3) is 0 Å². The van der Waals surface area contributed by atoms with Gasteiger partial charge in [0.1, 0.15) is 5.75 Å². The summed E-state index contributed by atoms with van der Waals surface area (Å²) in [7, 11) is 1.65. The Hall–Kier alpha value is -0.670. The number of aliphatic hydroxyl groups is 1. The number of ether oxygens (including phenoxy) is 1. The van der Waals surface area contributed by atoms with Crippen LogP contribution in [0.1, 0.15) is 6.92 Å². The second-order valence-corrected chi connectivity index (χ2v) is 4.30. The average Bonchev–Trinajstić information content (AvgIpc) is 2.18. The van der Waals surface area contributed by atoms with E-state index in [0.717, 1.165) is 10.6 Å². The molecule has 0 heterocycles.